The Labute approximate surface area is 111 Å². The van der Waals surface area contributed by atoms with Crippen LogP contribution in [0, 0.1) is 0 Å². The van der Waals surface area contributed by atoms with Gasteiger partial charge >= 0.3 is 0 Å². The predicted molar refractivity (Wildman–Crippen MR) is 72.6 cm³/mol. The first-order valence-corrected chi connectivity index (χ1v) is 8.54. The van der Waals surface area contributed by atoms with Crippen molar-refractivity contribution in [1.29, 1.82) is 0 Å². The Kier molecular flexibility index (Phi) is 4.64. The second-order valence-corrected chi connectivity index (χ2v) is 6.90. The van der Waals surface area contributed by atoms with Gasteiger partial charge in [-0.3, -0.25) is 4.90 Å². The molecule has 0 aromatic rings. The molecule has 0 aromatic heterocycles. The third-order valence-corrected chi connectivity index (χ3v) is 6.00. The van der Waals surface area contributed by atoms with Crippen molar-refractivity contribution in [2.75, 3.05) is 26.2 Å². The zero-order valence-electron chi connectivity index (χ0n) is 11.4. The molecule has 2 aliphatic heterocycles. The summed E-state index contributed by atoms with van der Waals surface area (Å²) >= 11 is 0. The average Bonchev–Trinajstić information content (AvgIpc) is 2.73. The highest BCUT2D eigenvalue weighted by Gasteiger charge is 2.38. The van der Waals surface area contributed by atoms with E-state index in [9.17, 15) is 8.42 Å². The van der Waals surface area contributed by atoms with Gasteiger partial charge in [-0.25, -0.2) is 0 Å². The van der Waals surface area contributed by atoms with Crippen LogP contribution in [0.4, 0.5) is 0 Å². The minimum absolute atomic E-state index is 0.107. The van der Waals surface area contributed by atoms with Crippen molar-refractivity contribution in [2.45, 2.75) is 51.6 Å². The van der Waals surface area contributed by atoms with Crippen molar-refractivity contribution in [2.24, 2.45) is 0 Å². The van der Waals surface area contributed by atoms with E-state index in [2.05, 4.69) is 9.62 Å². The van der Waals surface area contributed by atoms with Gasteiger partial charge in [-0.05, 0) is 25.8 Å². The van der Waals surface area contributed by atoms with E-state index in [-0.39, 0.29) is 6.04 Å². The summed E-state index contributed by atoms with van der Waals surface area (Å²) in [6.07, 6.45) is 4.56. The lowest BCUT2D eigenvalue weighted by Crippen LogP contribution is -2.51. The summed E-state index contributed by atoms with van der Waals surface area (Å²) in [5, 5.41) is 0. The van der Waals surface area contributed by atoms with Gasteiger partial charge in [0.2, 0.25) is 0 Å². The molecule has 0 unspecified atom stereocenters. The summed E-state index contributed by atoms with van der Waals surface area (Å²) in [5.74, 6) is 0. The molecule has 0 bridgehead atoms. The molecule has 0 saturated carbocycles. The second kappa shape index (κ2) is 5.86. The molecule has 2 aliphatic rings. The third kappa shape index (κ3) is 2.87. The molecule has 2 saturated heterocycles. The average molecular weight is 275 g/mol. The highest BCUT2D eigenvalue weighted by Crippen LogP contribution is 2.27. The van der Waals surface area contributed by atoms with E-state index in [1.54, 1.807) is 0 Å². The van der Waals surface area contributed by atoms with Crippen molar-refractivity contribution in [3.63, 3.8) is 0 Å². The Morgan fingerprint density at radius 2 is 1.89 bits per heavy atom. The maximum Gasteiger partial charge on any atom is 0.279 e. The summed E-state index contributed by atoms with van der Waals surface area (Å²) < 4.78 is 28.9. The molecule has 2 heterocycles. The summed E-state index contributed by atoms with van der Waals surface area (Å²) in [6.45, 7) is 7.00. The monoisotopic (exact) mass is 275 g/mol. The van der Waals surface area contributed by atoms with Gasteiger partial charge in [0.1, 0.15) is 0 Å². The van der Waals surface area contributed by atoms with Crippen LogP contribution in [0.15, 0.2) is 0 Å². The van der Waals surface area contributed by atoms with Crippen LogP contribution >= 0.6 is 0 Å². The minimum atomic E-state index is -3.30. The lowest BCUT2D eigenvalue weighted by molar-refractivity contribution is 0.185. The molecule has 6 heteroatoms. The van der Waals surface area contributed by atoms with Crippen LogP contribution < -0.4 is 4.72 Å². The van der Waals surface area contributed by atoms with Gasteiger partial charge in [-0.2, -0.15) is 17.4 Å². The van der Waals surface area contributed by atoms with E-state index >= 15 is 0 Å². The van der Waals surface area contributed by atoms with Crippen molar-refractivity contribution < 1.29 is 8.42 Å². The Morgan fingerprint density at radius 3 is 2.56 bits per heavy atom. The fraction of sp³-hybridized carbons (Fsp3) is 1.00. The largest absolute Gasteiger partial charge is 0.299 e. The van der Waals surface area contributed by atoms with Crippen LogP contribution in [0.1, 0.15) is 39.5 Å². The smallest absolute Gasteiger partial charge is 0.279 e. The first-order chi connectivity index (χ1) is 8.58. The van der Waals surface area contributed by atoms with Gasteiger partial charge in [0.05, 0.1) is 0 Å². The van der Waals surface area contributed by atoms with Crippen molar-refractivity contribution in [3.05, 3.63) is 0 Å². The molecule has 2 atom stereocenters. The molecule has 2 rings (SSSR count). The van der Waals surface area contributed by atoms with Crippen molar-refractivity contribution in [3.8, 4) is 0 Å². The molecule has 0 radical (unpaired) electrons. The zero-order valence-corrected chi connectivity index (χ0v) is 12.2. The van der Waals surface area contributed by atoms with Crippen molar-refractivity contribution in [1.82, 2.24) is 13.9 Å². The number of rotatable bonds is 5. The predicted octanol–water partition coefficient (Wildman–Crippen LogP) is 0.789. The fourth-order valence-corrected chi connectivity index (χ4v) is 4.70. The fourth-order valence-electron chi connectivity index (χ4n) is 3.21. The quantitative estimate of drug-likeness (QED) is 0.807. The highest BCUT2D eigenvalue weighted by atomic mass is 32.2. The van der Waals surface area contributed by atoms with Gasteiger partial charge in [0.25, 0.3) is 10.2 Å². The van der Waals surface area contributed by atoms with Crippen LogP contribution in [-0.2, 0) is 10.2 Å². The molecule has 0 spiro atoms. The number of nitrogens with zero attached hydrogens (tertiary/aromatic N) is 2. The molecule has 2 fully saturated rings. The van der Waals surface area contributed by atoms with Crippen LogP contribution in [0.5, 0.6) is 0 Å². The highest BCUT2D eigenvalue weighted by molar-refractivity contribution is 7.87. The number of hydrogen-bond acceptors (Lipinski definition) is 3. The summed E-state index contributed by atoms with van der Waals surface area (Å²) in [4.78, 5) is 2.44. The van der Waals surface area contributed by atoms with E-state index in [1.165, 1.54) is 17.1 Å². The maximum absolute atomic E-state index is 12.2. The number of nitrogens with one attached hydrogen (secondary N) is 1. The Balaban J connectivity index is 2.01. The zero-order chi connectivity index (χ0) is 13.2. The van der Waals surface area contributed by atoms with Crippen LogP contribution in [-0.4, -0.2) is 55.9 Å². The molecular formula is C12H25N3O2S. The Bertz CT molecular complexity index is 368. The van der Waals surface area contributed by atoms with Gasteiger partial charge in [0, 0.05) is 31.7 Å². The maximum atomic E-state index is 12.2. The van der Waals surface area contributed by atoms with E-state index in [0.717, 1.165) is 25.9 Å². The summed E-state index contributed by atoms with van der Waals surface area (Å²) in [5.41, 5.74) is 0. The molecule has 0 aliphatic carbocycles. The van der Waals surface area contributed by atoms with E-state index in [1.807, 2.05) is 13.8 Å². The van der Waals surface area contributed by atoms with Crippen LogP contribution in [0.3, 0.4) is 0 Å². The number of hydrogen-bond donors (Lipinski definition) is 1. The lowest BCUT2D eigenvalue weighted by Gasteiger charge is -2.33. The molecule has 106 valence electrons. The standard InChI is InChI=1S/C12H25N3O2S/c1-3-15(4-2)18(16,17)13-11-8-10-14-9-6-5-7-12(11)14/h11-13H,3-10H2,1-2H3/t11-,12+/m1/s1. The SMILES string of the molecule is CCN(CC)S(=O)(=O)N[C@@H]1CCN2CCCC[C@@H]12. The van der Waals surface area contributed by atoms with Gasteiger partial charge in [-0.1, -0.05) is 20.3 Å². The van der Waals surface area contributed by atoms with Crippen LogP contribution in [0.25, 0.3) is 0 Å². The summed E-state index contributed by atoms with van der Waals surface area (Å²) in [7, 11) is -3.30. The summed E-state index contributed by atoms with van der Waals surface area (Å²) in [6, 6.07) is 0.528. The van der Waals surface area contributed by atoms with Gasteiger partial charge in [0.15, 0.2) is 0 Å². The molecule has 18 heavy (non-hydrogen) atoms. The van der Waals surface area contributed by atoms with Crippen LogP contribution in [0.2, 0.25) is 0 Å². The van der Waals surface area contributed by atoms with E-state index in [4.69, 9.17) is 0 Å². The molecule has 0 aromatic carbocycles. The topological polar surface area (TPSA) is 52.7 Å². The molecule has 1 N–H and O–H groups in total. The first kappa shape index (κ1) is 14.2. The van der Waals surface area contributed by atoms with Gasteiger partial charge in [-0.15, -0.1) is 0 Å². The third-order valence-electron chi connectivity index (χ3n) is 4.20. The van der Waals surface area contributed by atoms with Gasteiger partial charge < -0.3 is 0 Å². The molecule has 0 amide bonds. The number of piperidine rings is 1. The van der Waals surface area contributed by atoms with E-state index in [0.29, 0.717) is 19.1 Å². The molecule has 5 nitrogen and oxygen atoms in total. The Morgan fingerprint density at radius 1 is 1.17 bits per heavy atom. The first-order valence-electron chi connectivity index (χ1n) is 7.10. The van der Waals surface area contributed by atoms with Crippen molar-refractivity contribution >= 4 is 10.2 Å². The minimum Gasteiger partial charge on any atom is -0.299 e. The number of fused-ring (bicyclic) bond motifs is 1. The second-order valence-electron chi connectivity index (χ2n) is 5.20. The Hall–Kier alpha value is -0.170. The normalized spacial score (nSPS) is 29.7. The molecular weight excluding hydrogens is 250 g/mol. The lowest BCUT2D eigenvalue weighted by atomic mass is 10.00. The van der Waals surface area contributed by atoms with E-state index < -0.39 is 10.2 Å².